The second-order valence-electron chi connectivity index (χ2n) is 8.85. The molecule has 0 amide bonds. The lowest BCUT2D eigenvalue weighted by Crippen LogP contribution is -2.24. The van der Waals surface area contributed by atoms with Gasteiger partial charge in [-0.25, -0.2) is 0 Å². The van der Waals surface area contributed by atoms with Crippen LogP contribution in [-0.4, -0.2) is 6.04 Å². The molecule has 1 unspecified atom stereocenters. The van der Waals surface area contributed by atoms with Gasteiger partial charge in [0, 0.05) is 16.3 Å². The predicted octanol–water partition coefficient (Wildman–Crippen LogP) is 7.61. The highest BCUT2D eigenvalue weighted by Gasteiger charge is 2.20. The molecule has 3 N–H and O–H groups in total. The van der Waals surface area contributed by atoms with Crippen molar-refractivity contribution in [3.8, 4) is 11.1 Å². The van der Waals surface area contributed by atoms with Crippen LogP contribution in [0.4, 0.5) is 5.69 Å². The summed E-state index contributed by atoms with van der Waals surface area (Å²) >= 11 is 4.93. The van der Waals surface area contributed by atoms with Crippen LogP contribution in [0, 0.1) is 0 Å². The van der Waals surface area contributed by atoms with Gasteiger partial charge >= 0.3 is 0 Å². The average molecular weight is 451 g/mol. The third-order valence-corrected chi connectivity index (χ3v) is 7.13. The molecule has 0 saturated carbocycles. The number of anilines is 1. The molecule has 0 heterocycles. The molecule has 166 valence electrons. The van der Waals surface area contributed by atoms with Crippen molar-refractivity contribution < 1.29 is 0 Å². The van der Waals surface area contributed by atoms with Crippen LogP contribution in [0.25, 0.3) is 16.7 Å². The van der Waals surface area contributed by atoms with E-state index in [9.17, 15) is 0 Å². The molecule has 3 aliphatic rings. The maximum absolute atomic E-state index is 5.97. The van der Waals surface area contributed by atoms with Crippen LogP contribution >= 0.6 is 12.6 Å². The monoisotopic (exact) mass is 450 g/mol. The minimum absolute atomic E-state index is 0.273. The molecule has 0 fully saturated rings. The highest BCUT2D eigenvalue weighted by molar-refractivity contribution is 7.80. The summed E-state index contributed by atoms with van der Waals surface area (Å²) in [6.07, 6.45) is 22.5. The first kappa shape index (κ1) is 21.7. The number of nitrogens with two attached hydrogens (primary N) is 1. The maximum atomic E-state index is 5.97. The number of rotatable bonds is 5. The van der Waals surface area contributed by atoms with Gasteiger partial charge in [-0.15, -0.1) is 12.6 Å². The molecule has 3 aliphatic carbocycles. The van der Waals surface area contributed by atoms with Gasteiger partial charge in [-0.05, 0) is 83.7 Å². The Morgan fingerprint density at radius 2 is 1.61 bits per heavy atom. The van der Waals surface area contributed by atoms with E-state index in [2.05, 4.69) is 90.3 Å². The van der Waals surface area contributed by atoms with Crippen LogP contribution in [0.15, 0.2) is 113 Å². The molecule has 0 saturated heterocycles. The second kappa shape index (κ2) is 9.76. The fourth-order valence-electron chi connectivity index (χ4n) is 4.80. The molecule has 0 spiro atoms. The van der Waals surface area contributed by atoms with Crippen LogP contribution in [-0.2, 0) is 0 Å². The van der Waals surface area contributed by atoms with Crippen LogP contribution in [0.5, 0.6) is 0 Å². The summed E-state index contributed by atoms with van der Waals surface area (Å²) in [4.78, 5) is 1.05. The van der Waals surface area contributed by atoms with Gasteiger partial charge in [0.15, 0.2) is 0 Å². The highest BCUT2D eigenvalue weighted by Crippen LogP contribution is 2.36. The molecule has 0 bridgehead atoms. The van der Waals surface area contributed by atoms with Crippen molar-refractivity contribution in [1.82, 2.24) is 0 Å². The van der Waals surface area contributed by atoms with Crippen molar-refractivity contribution in [3.63, 3.8) is 0 Å². The predicted molar refractivity (Wildman–Crippen MR) is 144 cm³/mol. The summed E-state index contributed by atoms with van der Waals surface area (Å²) in [7, 11) is 0. The van der Waals surface area contributed by atoms with E-state index in [-0.39, 0.29) is 6.04 Å². The first-order valence-electron chi connectivity index (χ1n) is 11.8. The Balaban J connectivity index is 1.35. The van der Waals surface area contributed by atoms with E-state index in [0.29, 0.717) is 0 Å². The Hall–Kier alpha value is -3.17. The molecule has 33 heavy (non-hydrogen) atoms. The lowest BCUT2D eigenvalue weighted by Gasteiger charge is -2.27. The van der Waals surface area contributed by atoms with E-state index in [0.717, 1.165) is 48.4 Å². The highest BCUT2D eigenvalue weighted by atomic mass is 32.1. The quantitative estimate of drug-likeness (QED) is 0.410. The van der Waals surface area contributed by atoms with Crippen molar-refractivity contribution in [1.29, 1.82) is 0 Å². The largest absolute Gasteiger partial charge is 0.402 e. The van der Waals surface area contributed by atoms with Crippen LogP contribution in [0.1, 0.15) is 37.7 Å². The van der Waals surface area contributed by atoms with Crippen LogP contribution < -0.4 is 11.1 Å². The lowest BCUT2D eigenvalue weighted by atomic mass is 9.87. The smallest absolute Gasteiger partial charge is 0.0551 e. The van der Waals surface area contributed by atoms with Crippen molar-refractivity contribution in [3.05, 3.63) is 113 Å². The molecule has 3 heteroatoms. The zero-order valence-electron chi connectivity index (χ0n) is 18.8. The topological polar surface area (TPSA) is 38.0 Å². The second-order valence-corrected chi connectivity index (χ2v) is 9.30. The van der Waals surface area contributed by atoms with E-state index < -0.39 is 0 Å². The Morgan fingerprint density at radius 3 is 2.36 bits per heavy atom. The van der Waals surface area contributed by atoms with Gasteiger partial charge in [0.1, 0.15) is 0 Å². The van der Waals surface area contributed by atoms with Crippen molar-refractivity contribution in [2.24, 2.45) is 5.73 Å². The van der Waals surface area contributed by atoms with E-state index in [4.69, 9.17) is 18.4 Å². The van der Waals surface area contributed by atoms with Crippen molar-refractivity contribution >= 4 is 23.9 Å². The minimum atomic E-state index is 0.273. The summed E-state index contributed by atoms with van der Waals surface area (Å²) in [5.74, 6) is 0. The van der Waals surface area contributed by atoms with Gasteiger partial charge in [-0.3, -0.25) is 0 Å². The molecule has 0 radical (unpaired) electrons. The fourth-order valence-corrected chi connectivity index (χ4v) is 5.22. The molecule has 2 nitrogen and oxygen atoms in total. The number of benzene rings is 2. The third-order valence-electron chi connectivity index (χ3n) is 6.64. The molecular weight excluding hydrogens is 420 g/mol. The van der Waals surface area contributed by atoms with Crippen LogP contribution in [0.3, 0.4) is 0 Å². The molecule has 1 atom stereocenters. The maximum Gasteiger partial charge on any atom is 0.0551 e. The van der Waals surface area contributed by atoms with Gasteiger partial charge in [-0.2, -0.15) is 0 Å². The molecule has 2 aromatic carbocycles. The normalized spacial score (nSPS) is 20.0. The number of nitrogens with one attached hydrogen (secondary N) is 1. The van der Waals surface area contributed by atoms with Crippen molar-refractivity contribution in [2.75, 3.05) is 5.32 Å². The molecule has 2 aromatic rings. The zero-order chi connectivity index (χ0) is 22.6. The molecule has 5 rings (SSSR count). The third kappa shape index (κ3) is 4.79. The van der Waals surface area contributed by atoms with E-state index >= 15 is 0 Å². The first-order valence-corrected chi connectivity index (χ1v) is 12.2. The van der Waals surface area contributed by atoms with Gasteiger partial charge in [0.2, 0.25) is 0 Å². The summed E-state index contributed by atoms with van der Waals surface area (Å²) in [6, 6.07) is 15.5. The SMILES string of the molecule is NC1=CC=C(C2=CC=CCC2Nc2ccc(-c3cccc(C4=CC=CCC4)c3S)cc2)CC1. The molecular formula is C30H30N2S. The Bertz CT molecular complexity index is 1220. The van der Waals surface area contributed by atoms with Gasteiger partial charge in [0.05, 0.1) is 6.04 Å². The Labute approximate surface area is 202 Å². The Kier molecular flexibility index (Phi) is 6.41. The number of thiol groups is 1. The standard InChI is InChI=1S/C30H30N2S/c31-24-17-13-22(14-18-24)26-9-4-5-12-29(26)32-25-19-15-23(16-20-25)28-11-6-10-27(30(28)33)21-7-2-1-3-8-21/h1-2,4-7,9-11,13,15-17,19-20,29,32-33H,3,8,12,14,18,31H2. The van der Waals surface area contributed by atoms with Crippen molar-refractivity contribution in [2.45, 2.75) is 43.0 Å². The summed E-state index contributed by atoms with van der Waals surface area (Å²) in [5.41, 5.74) is 15.8. The summed E-state index contributed by atoms with van der Waals surface area (Å²) in [6.45, 7) is 0. The summed E-state index contributed by atoms with van der Waals surface area (Å²) < 4.78 is 0. The van der Waals surface area contributed by atoms with E-state index in [1.54, 1.807) is 0 Å². The van der Waals surface area contributed by atoms with Gasteiger partial charge in [-0.1, -0.05) is 72.9 Å². The average Bonchev–Trinajstić information content (AvgIpc) is 2.86. The molecule has 0 aromatic heterocycles. The number of hydrogen-bond donors (Lipinski definition) is 3. The van der Waals surface area contributed by atoms with Gasteiger partial charge < -0.3 is 11.1 Å². The zero-order valence-corrected chi connectivity index (χ0v) is 19.7. The molecule has 0 aliphatic heterocycles. The van der Waals surface area contributed by atoms with Gasteiger partial charge in [0.25, 0.3) is 0 Å². The Morgan fingerprint density at radius 1 is 0.788 bits per heavy atom. The summed E-state index contributed by atoms with van der Waals surface area (Å²) in [5, 5.41) is 3.75. The minimum Gasteiger partial charge on any atom is -0.402 e. The van der Waals surface area contributed by atoms with Crippen LogP contribution in [0.2, 0.25) is 0 Å². The number of allylic oxidation sites excluding steroid dienone is 9. The van der Waals surface area contributed by atoms with E-state index in [1.807, 2.05) is 6.08 Å². The lowest BCUT2D eigenvalue weighted by molar-refractivity contribution is 0.797. The van der Waals surface area contributed by atoms with E-state index in [1.165, 1.54) is 33.4 Å². The first-order chi connectivity index (χ1) is 16.2. The number of hydrogen-bond acceptors (Lipinski definition) is 3. The fraction of sp³-hybridized carbons (Fsp3) is 0.200.